The number of hydrogen-bond donors (Lipinski definition) is 5. The number of carboxylic acid groups (broad SMARTS) is 1. The summed E-state index contributed by atoms with van der Waals surface area (Å²) < 4.78 is 38.7. The number of alkyl halides is 2. The fourth-order valence-electron chi connectivity index (χ4n) is 3.75. The normalized spacial score (nSPS) is 25.2. The molecule has 0 radical (unpaired) electrons. The van der Waals surface area contributed by atoms with Crippen LogP contribution in [0.5, 0.6) is 5.75 Å². The average Bonchev–Trinajstić information content (AvgIpc) is 2.77. The summed E-state index contributed by atoms with van der Waals surface area (Å²) in [6, 6.07) is 3.24. The fourth-order valence-corrected chi connectivity index (χ4v) is 3.75. The molecule has 2 unspecified atom stereocenters. The van der Waals surface area contributed by atoms with Gasteiger partial charge in [-0.25, -0.2) is 13.6 Å². The Morgan fingerprint density at radius 2 is 1.97 bits per heavy atom. The molecule has 1 aliphatic heterocycles. The number of aliphatic carboxylic acids is 1. The zero-order chi connectivity index (χ0) is 26.3. The fraction of sp³-hybridized carbons (Fsp3) is 0.609. The van der Waals surface area contributed by atoms with Crippen LogP contribution in [-0.4, -0.2) is 68.8 Å². The van der Waals surface area contributed by atoms with Crippen molar-refractivity contribution in [1.82, 2.24) is 0 Å². The zero-order valence-electron chi connectivity index (χ0n) is 19.4. The zero-order valence-corrected chi connectivity index (χ0v) is 19.4. The minimum absolute atomic E-state index is 0.00889. The van der Waals surface area contributed by atoms with Crippen molar-refractivity contribution in [1.29, 1.82) is 0 Å². The standard InChI is InChI=1S/C23H31F2NO9/c1-12(28)4-3-5-20(31)26-14-6-7-18(16(8-14)21(24)25)34-23(22(32)33)10-17(30)13(2)19(35-23)9-15(29)11-27/h6-8,13,15,17,19,21,27,29-30H,3-5,9-11H2,1-2H3,(H,26,31)(H,32,33)/t13-,15+,17?,19?,23-/m1/s1. The highest BCUT2D eigenvalue weighted by Crippen LogP contribution is 2.40. The Labute approximate surface area is 200 Å². The highest BCUT2D eigenvalue weighted by molar-refractivity contribution is 5.91. The average molecular weight is 503 g/mol. The summed E-state index contributed by atoms with van der Waals surface area (Å²) in [6.07, 6.45) is -6.96. The SMILES string of the molecule is CC(=O)CCCC(=O)Nc1ccc(O[C@]2(C(=O)O)CC(O)[C@@H](C)C(C[C@H](O)CO)O2)c(C(F)F)c1. The number of benzene rings is 1. The van der Waals surface area contributed by atoms with Crippen molar-refractivity contribution in [2.75, 3.05) is 11.9 Å². The first-order valence-electron chi connectivity index (χ1n) is 11.2. The Bertz CT molecular complexity index is 913. The van der Waals surface area contributed by atoms with Crippen molar-refractivity contribution in [2.24, 2.45) is 5.92 Å². The molecule has 35 heavy (non-hydrogen) atoms. The first-order valence-corrected chi connectivity index (χ1v) is 11.2. The molecule has 1 aromatic rings. The number of carboxylic acids is 1. The van der Waals surface area contributed by atoms with Gasteiger partial charge in [0.2, 0.25) is 5.91 Å². The number of aliphatic hydroxyl groups is 3. The van der Waals surface area contributed by atoms with Crippen molar-refractivity contribution in [3.05, 3.63) is 23.8 Å². The van der Waals surface area contributed by atoms with E-state index in [2.05, 4.69) is 5.32 Å². The number of ether oxygens (including phenoxy) is 2. The molecule has 1 amide bonds. The number of anilines is 1. The molecular formula is C23H31F2NO9. The smallest absolute Gasteiger partial charge is 0.377 e. The number of amides is 1. The lowest BCUT2D eigenvalue weighted by atomic mass is 9.86. The Kier molecular flexibility index (Phi) is 10.1. The maximum Gasteiger partial charge on any atom is 0.377 e. The van der Waals surface area contributed by atoms with Gasteiger partial charge in [0.1, 0.15) is 11.5 Å². The Hall–Kier alpha value is -2.67. The summed E-state index contributed by atoms with van der Waals surface area (Å²) in [7, 11) is 0. The number of halogens is 2. The van der Waals surface area contributed by atoms with Crippen molar-refractivity contribution in [3.63, 3.8) is 0 Å². The number of hydrogen-bond acceptors (Lipinski definition) is 8. The first kappa shape index (κ1) is 28.6. The second kappa shape index (κ2) is 12.3. The Morgan fingerprint density at radius 3 is 2.54 bits per heavy atom. The second-order valence-electron chi connectivity index (χ2n) is 8.68. The molecule has 1 fully saturated rings. The highest BCUT2D eigenvalue weighted by atomic mass is 19.3. The predicted octanol–water partition coefficient (Wildman–Crippen LogP) is 2.01. The van der Waals surface area contributed by atoms with E-state index in [-0.39, 0.29) is 30.7 Å². The molecule has 12 heteroatoms. The summed E-state index contributed by atoms with van der Waals surface area (Å²) >= 11 is 0. The maximum atomic E-state index is 13.8. The molecule has 2 rings (SSSR count). The summed E-state index contributed by atoms with van der Waals surface area (Å²) in [5.41, 5.74) is -0.692. The van der Waals surface area contributed by atoms with Gasteiger partial charge in [-0.1, -0.05) is 6.92 Å². The summed E-state index contributed by atoms with van der Waals surface area (Å²) in [5, 5.41) is 41.6. The van der Waals surface area contributed by atoms with Crippen LogP contribution in [-0.2, 0) is 19.1 Å². The van der Waals surface area contributed by atoms with Gasteiger partial charge in [0.05, 0.1) is 36.9 Å². The lowest BCUT2D eigenvalue weighted by Gasteiger charge is -2.44. The third-order valence-electron chi connectivity index (χ3n) is 5.79. The van der Waals surface area contributed by atoms with E-state index in [1.165, 1.54) is 13.0 Å². The van der Waals surface area contributed by atoms with E-state index in [1.54, 1.807) is 6.92 Å². The molecule has 0 aliphatic carbocycles. The molecule has 0 spiro atoms. The van der Waals surface area contributed by atoms with Crippen molar-refractivity contribution in [3.8, 4) is 5.75 Å². The summed E-state index contributed by atoms with van der Waals surface area (Å²) in [6.45, 7) is 2.33. The molecule has 5 atom stereocenters. The van der Waals surface area contributed by atoms with Gasteiger partial charge in [-0.3, -0.25) is 4.79 Å². The number of Topliss-reactive ketones (excluding diaryl/α,β-unsaturated/α-hetero) is 1. The highest BCUT2D eigenvalue weighted by Gasteiger charge is 2.53. The maximum absolute atomic E-state index is 13.8. The van der Waals surface area contributed by atoms with Crippen LogP contribution in [0.4, 0.5) is 14.5 Å². The van der Waals surface area contributed by atoms with Crippen molar-refractivity contribution < 1.29 is 53.1 Å². The molecule has 0 saturated carbocycles. The van der Waals surface area contributed by atoms with E-state index in [4.69, 9.17) is 14.6 Å². The Balaban J connectivity index is 2.28. The van der Waals surface area contributed by atoms with Crippen LogP contribution in [0.2, 0.25) is 0 Å². The molecule has 1 saturated heterocycles. The molecule has 1 aromatic carbocycles. The summed E-state index contributed by atoms with van der Waals surface area (Å²) in [5.74, 6) is -5.94. The lowest BCUT2D eigenvalue weighted by molar-refractivity contribution is -0.275. The first-order chi connectivity index (χ1) is 16.4. The van der Waals surface area contributed by atoms with Crippen LogP contribution in [0.15, 0.2) is 18.2 Å². The third-order valence-corrected chi connectivity index (χ3v) is 5.79. The van der Waals surface area contributed by atoms with E-state index in [9.17, 15) is 38.5 Å². The quantitative estimate of drug-likeness (QED) is 0.287. The topological polar surface area (TPSA) is 163 Å². The molecule has 10 nitrogen and oxygen atoms in total. The van der Waals surface area contributed by atoms with Crippen LogP contribution in [0.3, 0.4) is 0 Å². The minimum atomic E-state index is -3.11. The molecule has 196 valence electrons. The van der Waals surface area contributed by atoms with Gasteiger partial charge in [-0.15, -0.1) is 0 Å². The van der Waals surface area contributed by atoms with E-state index in [0.717, 1.165) is 12.1 Å². The van der Waals surface area contributed by atoms with E-state index < -0.39 is 72.7 Å². The van der Waals surface area contributed by atoms with E-state index in [1.807, 2.05) is 0 Å². The van der Waals surface area contributed by atoms with E-state index in [0.29, 0.717) is 6.42 Å². The molecular weight excluding hydrogens is 472 g/mol. The van der Waals surface area contributed by atoms with Crippen molar-refractivity contribution in [2.45, 2.75) is 76.5 Å². The van der Waals surface area contributed by atoms with Crippen LogP contribution in [0.1, 0.15) is 57.9 Å². The number of nitrogens with one attached hydrogen (secondary N) is 1. The monoisotopic (exact) mass is 503 g/mol. The summed E-state index contributed by atoms with van der Waals surface area (Å²) in [4.78, 5) is 35.1. The van der Waals surface area contributed by atoms with Gasteiger partial charge in [0, 0.05) is 30.9 Å². The van der Waals surface area contributed by atoms with Crippen LogP contribution < -0.4 is 10.1 Å². The number of carbonyl (C=O) groups is 3. The van der Waals surface area contributed by atoms with Gasteiger partial charge in [0.25, 0.3) is 6.43 Å². The molecule has 5 N–H and O–H groups in total. The van der Waals surface area contributed by atoms with Gasteiger partial charge in [-0.05, 0) is 31.5 Å². The second-order valence-corrected chi connectivity index (χ2v) is 8.68. The molecule has 0 bridgehead atoms. The lowest BCUT2D eigenvalue weighted by Crippen LogP contribution is -2.59. The molecule has 1 heterocycles. The number of ketones is 1. The third kappa shape index (κ3) is 7.66. The van der Waals surface area contributed by atoms with E-state index >= 15 is 0 Å². The van der Waals surface area contributed by atoms with Gasteiger partial charge >= 0.3 is 11.8 Å². The number of rotatable bonds is 12. The number of aliphatic hydroxyl groups excluding tert-OH is 3. The van der Waals surface area contributed by atoms with Gasteiger partial charge < -0.3 is 40.0 Å². The van der Waals surface area contributed by atoms with Crippen LogP contribution in [0.25, 0.3) is 0 Å². The minimum Gasteiger partial charge on any atom is -0.476 e. The van der Waals surface area contributed by atoms with Gasteiger partial charge in [0.15, 0.2) is 0 Å². The predicted molar refractivity (Wildman–Crippen MR) is 118 cm³/mol. The largest absolute Gasteiger partial charge is 0.476 e. The number of carbonyl (C=O) groups excluding carboxylic acids is 2. The van der Waals surface area contributed by atoms with Crippen LogP contribution >= 0.6 is 0 Å². The van der Waals surface area contributed by atoms with Gasteiger partial charge in [-0.2, -0.15) is 0 Å². The van der Waals surface area contributed by atoms with Crippen LogP contribution in [0, 0.1) is 5.92 Å². The van der Waals surface area contributed by atoms with Crippen molar-refractivity contribution >= 4 is 23.3 Å². The molecule has 0 aromatic heterocycles. The molecule has 1 aliphatic rings. The Morgan fingerprint density at radius 1 is 1.29 bits per heavy atom.